The number of likely N-dealkylation sites (N-methyl/N-ethyl adjacent to an activating group) is 1. The van der Waals surface area contributed by atoms with E-state index in [0.29, 0.717) is 18.7 Å². The molecule has 3 heterocycles. The van der Waals surface area contributed by atoms with Gasteiger partial charge in [0.15, 0.2) is 17.5 Å². The number of benzene rings is 1. The van der Waals surface area contributed by atoms with Crippen molar-refractivity contribution in [3.05, 3.63) is 52.9 Å². The summed E-state index contributed by atoms with van der Waals surface area (Å²) in [4.78, 5) is 6.09. The number of tetrazole rings is 1. The summed E-state index contributed by atoms with van der Waals surface area (Å²) in [7, 11) is 3.75. The Kier molecular flexibility index (Phi) is 5.87. The molecule has 1 aromatic carbocycles. The molecule has 0 atom stereocenters. The van der Waals surface area contributed by atoms with Gasteiger partial charge in [0.25, 0.3) is 0 Å². The van der Waals surface area contributed by atoms with Crippen molar-refractivity contribution in [1.82, 2.24) is 30.1 Å². The highest BCUT2D eigenvalue weighted by Gasteiger charge is 2.22. The van der Waals surface area contributed by atoms with Crippen LogP contribution in [0.3, 0.4) is 0 Å². The molecule has 4 aromatic rings. The molecule has 0 fully saturated rings. The minimum atomic E-state index is -0.867. The average Bonchev–Trinajstić information content (AvgIpc) is 3.40. The van der Waals surface area contributed by atoms with Gasteiger partial charge in [-0.2, -0.15) is 16.0 Å². The molecule has 4 rings (SSSR count). The Morgan fingerprint density at radius 1 is 1.16 bits per heavy atom. The van der Waals surface area contributed by atoms with Gasteiger partial charge in [-0.05, 0) is 53.0 Å². The standard InChI is InChI=1S/C20H19F2N7OS/c1-28(2)4-5-30-14-8-16(21)18(17(22)9-14)29-20(25-26-27-29)15-7-13(10-24-19(15)23)12-3-6-31-11-12/h3,6-11H,4-5H2,1-2H3,(H2,23,24). The second-order valence-electron chi connectivity index (χ2n) is 6.97. The summed E-state index contributed by atoms with van der Waals surface area (Å²) < 4.78 is 36.1. The van der Waals surface area contributed by atoms with Crippen LogP contribution >= 0.6 is 11.3 Å². The Morgan fingerprint density at radius 2 is 1.94 bits per heavy atom. The van der Waals surface area contributed by atoms with E-state index in [1.165, 1.54) is 11.3 Å². The number of anilines is 1. The van der Waals surface area contributed by atoms with Crippen molar-refractivity contribution < 1.29 is 13.5 Å². The molecule has 11 heteroatoms. The predicted molar refractivity (Wildman–Crippen MR) is 114 cm³/mol. The molecular weight excluding hydrogens is 424 g/mol. The van der Waals surface area contributed by atoms with Crippen LogP contribution in [0.1, 0.15) is 0 Å². The number of nitrogen functional groups attached to an aromatic ring is 1. The molecule has 0 bridgehead atoms. The van der Waals surface area contributed by atoms with E-state index < -0.39 is 17.3 Å². The smallest absolute Gasteiger partial charge is 0.191 e. The van der Waals surface area contributed by atoms with Gasteiger partial charge in [-0.25, -0.2) is 13.8 Å². The zero-order valence-corrected chi connectivity index (χ0v) is 17.6. The van der Waals surface area contributed by atoms with E-state index in [2.05, 4.69) is 20.5 Å². The van der Waals surface area contributed by atoms with E-state index in [1.54, 1.807) is 12.3 Å². The summed E-state index contributed by atoms with van der Waals surface area (Å²) >= 11 is 1.54. The summed E-state index contributed by atoms with van der Waals surface area (Å²) in [5, 5.41) is 15.2. The van der Waals surface area contributed by atoms with Crippen LogP contribution in [-0.2, 0) is 0 Å². The highest BCUT2D eigenvalue weighted by atomic mass is 32.1. The molecule has 0 aliphatic carbocycles. The lowest BCUT2D eigenvalue weighted by Gasteiger charge is -2.13. The van der Waals surface area contributed by atoms with Crippen molar-refractivity contribution in [2.24, 2.45) is 0 Å². The number of thiophene rings is 1. The first-order chi connectivity index (χ1) is 14.9. The van der Waals surface area contributed by atoms with Gasteiger partial charge in [0.1, 0.15) is 23.9 Å². The number of rotatable bonds is 7. The zero-order valence-electron chi connectivity index (χ0n) is 16.8. The molecule has 0 amide bonds. The zero-order chi connectivity index (χ0) is 22.0. The molecule has 2 N–H and O–H groups in total. The number of hydrogen-bond acceptors (Lipinski definition) is 8. The normalized spacial score (nSPS) is 11.3. The quantitative estimate of drug-likeness (QED) is 0.468. The molecule has 160 valence electrons. The Hall–Kier alpha value is -3.44. The molecule has 8 nitrogen and oxygen atoms in total. The highest BCUT2D eigenvalue weighted by molar-refractivity contribution is 7.08. The molecule has 0 spiro atoms. The topological polar surface area (TPSA) is 95.0 Å². The molecule has 31 heavy (non-hydrogen) atoms. The summed E-state index contributed by atoms with van der Waals surface area (Å²) in [6.45, 7) is 0.897. The predicted octanol–water partition coefficient (Wildman–Crippen LogP) is 3.25. The van der Waals surface area contributed by atoms with Gasteiger partial charge in [0.2, 0.25) is 0 Å². The Labute approximate surface area is 180 Å². The van der Waals surface area contributed by atoms with E-state index in [9.17, 15) is 8.78 Å². The first kappa shape index (κ1) is 20.8. The van der Waals surface area contributed by atoms with Crippen LogP contribution in [-0.4, -0.2) is 57.3 Å². The fourth-order valence-corrected chi connectivity index (χ4v) is 3.59. The lowest BCUT2D eigenvalue weighted by atomic mass is 10.1. The molecule has 0 aliphatic rings. The van der Waals surface area contributed by atoms with Crippen LogP contribution in [0.2, 0.25) is 0 Å². The van der Waals surface area contributed by atoms with Crippen molar-refractivity contribution in [2.75, 3.05) is 33.0 Å². The van der Waals surface area contributed by atoms with Gasteiger partial charge in [-0.3, -0.25) is 0 Å². The molecule has 0 saturated heterocycles. The maximum Gasteiger partial charge on any atom is 0.191 e. The largest absolute Gasteiger partial charge is 0.492 e. The summed E-state index contributed by atoms with van der Waals surface area (Å²) in [6.07, 6.45) is 1.62. The van der Waals surface area contributed by atoms with Crippen LogP contribution in [0.15, 0.2) is 41.2 Å². The number of pyridine rings is 1. The minimum Gasteiger partial charge on any atom is -0.492 e. The molecular formula is C20H19F2N7OS. The molecule has 0 unspecified atom stereocenters. The second kappa shape index (κ2) is 8.74. The lowest BCUT2D eigenvalue weighted by molar-refractivity contribution is 0.259. The number of ether oxygens (including phenoxy) is 1. The first-order valence-electron chi connectivity index (χ1n) is 9.28. The van der Waals surface area contributed by atoms with Crippen LogP contribution in [0.25, 0.3) is 28.2 Å². The van der Waals surface area contributed by atoms with Gasteiger partial charge < -0.3 is 15.4 Å². The van der Waals surface area contributed by atoms with Crippen molar-refractivity contribution >= 4 is 17.2 Å². The van der Waals surface area contributed by atoms with Crippen LogP contribution in [0.5, 0.6) is 5.75 Å². The van der Waals surface area contributed by atoms with E-state index in [1.807, 2.05) is 35.8 Å². The maximum atomic E-state index is 14.9. The Bertz CT molecular complexity index is 1170. The highest BCUT2D eigenvalue weighted by Crippen LogP contribution is 2.32. The molecule has 0 aliphatic heterocycles. The van der Waals surface area contributed by atoms with Crippen LogP contribution in [0.4, 0.5) is 14.6 Å². The van der Waals surface area contributed by atoms with E-state index in [0.717, 1.165) is 27.9 Å². The Morgan fingerprint density at radius 3 is 2.61 bits per heavy atom. The molecule has 3 aromatic heterocycles. The lowest BCUT2D eigenvalue weighted by Crippen LogP contribution is -2.19. The first-order valence-corrected chi connectivity index (χ1v) is 10.2. The monoisotopic (exact) mass is 443 g/mol. The third-order valence-electron chi connectivity index (χ3n) is 4.49. The minimum absolute atomic E-state index is 0.0705. The number of nitrogens with zero attached hydrogens (tertiary/aromatic N) is 6. The fraction of sp³-hybridized carbons (Fsp3) is 0.200. The number of aromatic nitrogens is 5. The van der Waals surface area contributed by atoms with Crippen molar-refractivity contribution in [3.63, 3.8) is 0 Å². The summed E-state index contributed by atoms with van der Waals surface area (Å²) in [6, 6.07) is 5.87. The summed E-state index contributed by atoms with van der Waals surface area (Å²) in [5.74, 6) is -1.45. The second-order valence-corrected chi connectivity index (χ2v) is 7.75. The Balaban J connectivity index is 1.72. The van der Waals surface area contributed by atoms with Gasteiger partial charge in [-0.15, -0.1) is 5.10 Å². The van der Waals surface area contributed by atoms with E-state index in [4.69, 9.17) is 10.5 Å². The average molecular weight is 443 g/mol. The number of hydrogen-bond donors (Lipinski definition) is 1. The fourth-order valence-electron chi connectivity index (χ4n) is 2.92. The number of halogens is 2. The van der Waals surface area contributed by atoms with Gasteiger partial charge in [0.05, 0.1) is 5.56 Å². The third kappa shape index (κ3) is 4.37. The van der Waals surface area contributed by atoms with Crippen molar-refractivity contribution in [2.45, 2.75) is 0 Å². The van der Waals surface area contributed by atoms with E-state index in [-0.39, 0.29) is 17.4 Å². The van der Waals surface area contributed by atoms with Gasteiger partial charge in [0, 0.05) is 30.4 Å². The number of nitrogens with two attached hydrogens (primary N) is 1. The molecule has 0 radical (unpaired) electrons. The maximum absolute atomic E-state index is 14.9. The SMILES string of the molecule is CN(C)CCOc1cc(F)c(-n2nnnc2-c2cc(-c3ccsc3)cnc2N)c(F)c1. The summed E-state index contributed by atoms with van der Waals surface area (Å²) in [5.41, 5.74) is 7.68. The van der Waals surface area contributed by atoms with Crippen LogP contribution in [0, 0.1) is 11.6 Å². The van der Waals surface area contributed by atoms with E-state index >= 15 is 0 Å². The van der Waals surface area contributed by atoms with Crippen molar-refractivity contribution in [1.29, 1.82) is 0 Å². The van der Waals surface area contributed by atoms with Gasteiger partial charge >= 0.3 is 0 Å². The van der Waals surface area contributed by atoms with Crippen molar-refractivity contribution in [3.8, 4) is 34.0 Å². The third-order valence-corrected chi connectivity index (χ3v) is 5.18. The molecule has 0 saturated carbocycles. The van der Waals surface area contributed by atoms with Gasteiger partial charge in [-0.1, -0.05) is 0 Å². The van der Waals surface area contributed by atoms with Crippen LogP contribution < -0.4 is 10.5 Å².